The van der Waals surface area contributed by atoms with Crippen LogP contribution in [0.4, 0.5) is 0 Å². The van der Waals surface area contributed by atoms with E-state index in [4.69, 9.17) is 11.6 Å². The number of alkyl halides is 1. The maximum Gasteiger partial charge on any atom is 0.238 e. The number of rotatable bonds is 3. The van der Waals surface area contributed by atoms with Crippen molar-refractivity contribution in [3.05, 3.63) is 0 Å². The third kappa shape index (κ3) is 2.37. The summed E-state index contributed by atoms with van der Waals surface area (Å²) in [7, 11) is 0. The molecule has 0 aromatic rings. The van der Waals surface area contributed by atoms with Crippen LogP contribution in [-0.2, 0) is 4.79 Å². The van der Waals surface area contributed by atoms with Gasteiger partial charge in [-0.1, -0.05) is 12.8 Å². The fraction of sp³-hybridized carbons (Fsp3) is 0.889. The van der Waals surface area contributed by atoms with Gasteiger partial charge in [-0.25, -0.2) is 0 Å². The fourth-order valence-corrected chi connectivity index (χ4v) is 2.06. The minimum absolute atomic E-state index is 0.00562. The minimum Gasteiger partial charge on any atom is -0.355 e. The van der Waals surface area contributed by atoms with Gasteiger partial charge in [-0.05, 0) is 25.7 Å². The van der Waals surface area contributed by atoms with Crippen LogP contribution in [-0.4, -0.2) is 17.8 Å². The molecule has 1 amide bonds. The molecule has 1 atom stereocenters. The van der Waals surface area contributed by atoms with Crippen LogP contribution in [0, 0.1) is 5.92 Å². The van der Waals surface area contributed by atoms with E-state index in [-0.39, 0.29) is 11.3 Å². The van der Waals surface area contributed by atoms with E-state index in [1.54, 1.807) is 0 Å². The second-order valence-electron chi connectivity index (χ2n) is 3.34. The number of amides is 1. The summed E-state index contributed by atoms with van der Waals surface area (Å²) < 4.78 is 0. The summed E-state index contributed by atoms with van der Waals surface area (Å²) in [5.41, 5.74) is 0. The third-order valence-corrected chi connectivity index (χ3v) is 2.97. The van der Waals surface area contributed by atoms with Gasteiger partial charge >= 0.3 is 0 Å². The quantitative estimate of drug-likeness (QED) is 0.676. The smallest absolute Gasteiger partial charge is 0.238 e. The lowest BCUT2D eigenvalue weighted by Crippen LogP contribution is -2.34. The van der Waals surface area contributed by atoms with Crippen LogP contribution in [0.2, 0.25) is 0 Å². The maximum absolute atomic E-state index is 11.3. The molecule has 0 saturated heterocycles. The molecule has 0 aromatic carbocycles. The van der Waals surface area contributed by atoms with Gasteiger partial charge in [0.05, 0.1) is 0 Å². The van der Waals surface area contributed by atoms with Crippen LogP contribution in [0.1, 0.15) is 32.6 Å². The first-order valence-electron chi connectivity index (χ1n) is 4.67. The zero-order valence-electron chi connectivity index (χ0n) is 7.48. The molecule has 0 bridgehead atoms. The molecule has 1 saturated carbocycles. The van der Waals surface area contributed by atoms with Gasteiger partial charge < -0.3 is 5.32 Å². The van der Waals surface area contributed by atoms with Gasteiger partial charge in [0.1, 0.15) is 5.38 Å². The van der Waals surface area contributed by atoms with Gasteiger partial charge in [0.15, 0.2) is 0 Å². The highest BCUT2D eigenvalue weighted by Gasteiger charge is 2.28. The van der Waals surface area contributed by atoms with E-state index >= 15 is 0 Å². The van der Waals surface area contributed by atoms with Crippen molar-refractivity contribution in [3.63, 3.8) is 0 Å². The molecule has 2 nitrogen and oxygen atoms in total. The normalized spacial score (nSPS) is 20.8. The number of carbonyl (C=O) groups excluding carboxylic acids is 1. The SMILES string of the molecule is CCNC(=O)C(Cl)C1CCCC1. The largest absolute Gasteiger partial charge is 0.355 e. The van der Waals surface area contributed by atoms with E-state index in [2.05, 4.69) is 5.32 Å². The Bertz CT molecular complexity index is 155. The number of carbonyl (C=O) groups is 1. The number of hydrogen-bond acceptors (Lipinski definition) is 1. The molecule has 0 heterocycles. The van der Waals surface area contributed by atoms with Gasteiger partial charge in [0, 0.05) is 6.54 Å². The Morgan fingerprint density at radius 2 is 2.17 bits per heavy atom. The molecule has 1 unspecified atom stereocenters. The summed E-state index contributed by atoms with van der Waals surface area (Å²) in [6, 6.07) is 0. The van der Waals surface area contributed by atoms with Crippen molar-refractivity contribution in [2.24, 2.45) is 5.92 Å². The molecule has 12 heavy (non-hydrogen) atoms. The number of halogens is 1. The highest BCUT2D eigenvalue weighted by Crippen LogP contribution is 2.30. The second kappa shape index (κ2) is 4.70. The van der Waals surface area contributed by atoms with Crippen molar-refractivity contribution >= 4 is 17.5 Å². The zero-order chi connectivity index (χ0) is 8.97. The van der Waals surface area contributed by atoms with E-state index in [9.17, 15) is 4.79 Å². The Morgan fingerprint density at radius 1 is 1.58 bits per heavy atom. The lowest BCUT2D eigenvalue weighted by atomic mass is 10.0. The van der Waals surface area contributed by atoms with Crippen LogP contribution in [0.15, 0.2) is 0 Å². The first-order valence-corrected chi connectivity index (χ1v) is 5.11. The highest BCUT2D eigenvalue weighted by molar-refractivity contribution is 6.30. The average Bonchev–Trinajstić information content (AvgIpc) is 2.55. The Kier molecular flexibility index (Phi) is 3.86. The molecule has 0 radical (unpaired) electrons. The van der Waals surface area contributed by atoms with Crippen LogP contribution in [0.25, 0.3) is 0 Å². The van der Waals surface area contributed by atoms with Crippen LogP contribution < -0.4 is 5.32 Å². The predicted octanol–water partition coefficient (Wildman–Crippen LogP) is 1.92. The van der Waals surface area contributed by atoms with Gasteiger partial charge in [-0.2, -0.15) is 0 Å². The molecule has 1 N–H and O–H groups in total. The lowest BCUT2D eigenvalue weighted by molar-refractivity contribution is -0.121. The molecule has 0 aromatic heterocycles. The summed E-state index contributed by atoms with van der Waals surface area (Å²) in [5, 5.41) is 2.45. The summed E-state index contributed by atoms with van der Waals surface area (Å²) in [5.74, 6) is 0.421. The van der Waals surface area contributed by atoms with Crippen molar-refractivity contribution in [2.75, 3.05) is 6.54 Å². The molecule has 1 aliphatic rings. The van der Waals surface area contributed by atoms with E-state index in [1.807, 2.05) is 6.92 Å². The Morgan fingerprint density at radius 3 is 2.67 bits per heavy atom. The molecular weight excluding hydrogens is 174 g/mol. The van der Waals surface area contributed by atoms with Gasteiger partial charge in [0.2, 0.25) is 5.91 Å². The summed E-state index contributed by atoms with van der Waals surface area (Å²) in [4.78, 5) is 11.3. The number of nitrogens with one attached hydrogen (secondary N) is 1. The molecule has 0 spiro atoms. The monoisotopic (exact) mass is 189 g/mol. The first kappa shape index (κ1) is 9.85. The molecule has 1 rings (SSSR count). The van der Waals surface area contributed by atoms with E-state index < -0.39 is 0 Å². The summed E-state index contributed by atoms with van der Waals surface area (Å²) >= 11 is 6.00. The van der Waals surface area contributed by atoms with Crippen molar-refractivity contribution in [1.82, 2.24) is 5.32 Å². The van der Waals surface area contributed by atoms with Crippen molar-refractivity contribution in [2.45, 2.75) is 38.0 Å². The predicted molar refractivity (Wildman–Crippen MR) is 50.3 cm³/mol. The Hall–Kier alpha value is -0.240. The molecule has 0 aliphatic heterocycles. The fourth-order valence-electron chi connectivity index (χ4n) is 1.74. The summed E-state index contributed by atoms with van der Waals surface area (Å²) in [6.45, 7) is 2.59. The van der Waals surface area contributed by atoms with Crippen LogP contribution >= 0.6 is 11.6 Å². The number of hydrogen-bond donors (Lipinski definition) is 1. The van der Waals surface area contributed by atoms with Gasteiger partial charge in [-0.3, -0.25) is 4.79 Å². The van der Waals surface area contributed by atoms with Crippen molar-refractivity contribution < 1.29 is 4.79 Å². The van der Waals surface area contributed by atoms with Gasteiger partial charge in [0.25, 0.3) is 0 Å². The van der Waals surface area contributed by atoms with E-state index in [0.29, 0.717) is 12.5 Å². The average molecular weight is 190 g/mol. The molecular formula is C9H16ClNO. The highest BCUT2D eigenvalue weighted by atomic mass is 35.5. The molecule has 3 heteroatoms. The third-order valence-electron chi connectivity index (χ3n) is 2.42. The van der Waals surface area contributed by atoms with E-state index in [0.717, 1.165) is 12.8 Å². The standard InChI is InChI=1S/C9H16ClNO/c1-2-11-9(12)8(10)7-5-3-4-6-7/h7-8H,2-6H2,1H3,(H,11,12). The zero-order valence-corrected chi connectivity index (χ0v) is 8.23. The molecule has 1 fully saturated rings. The molecule has 1 aliphatic carbocycles. The Labute approximate surface area is 78.7 Å². The maximum atomic E-state index is 11.3. The van der Waals surface area contributed by atoms with Crippen LogP contribution in [0.5, 0.6) is 0 Å². The topological polar surface area (TPSA) is 29.1 Å². The second-order valence-corrected chi connectivity index (χ2v) is 3.81. The van der Waals surface area contributed by atoms with Crippen molar-refractivity contribution in [3.8, 4) is 0 Å². The van der Waals surface area contributed by atoms with E-state index in [1.165, 1.54) is 12.8 Å². The molecule has 70 valence electrons. The first-order chi connectivity index (χ1) is 5.75. The minimum atomic E-state index is -0.299. The summed E-state index contributed by atoms with van der Waals surface area (Å²) in [6.07, 6.45) is 4.69. The van der Waals surface area contributed by atoms with Crippen LogP contribution in [0.3, 0.4) is 0 Å². The van der Waals surface area contributed by atoms with Crippen molar-refractivity contribution in [1.29, 1.82) is 0 Å². The Balaban J connectivity index is 2.34. The lowest BCUT2D eigenvalue weighted by Gasteiger charge is -2.15. The van der Waals surface area contributed by atoms with Gasteiger partial charge in [-0.15, -0.1) is 11.6 Å².